The van der Waals surface area contributed by atoms with Gasteiger partial charge in [0.2, 0.25) is 21.8 Å². The van der Waals surface area contributed by atoms with E-state index in [1.165, 1.54) is 23.1 Å². The zero-order chi connectivity index (χ0) is 27.0. The highest BCUT2D eigenvalue weighted by Gasteiger charge is 2.33. The topological polar surface area (TPSA) is 86.8 Å². The Labute approximate surface area is 218 Å². The minimum atomic E-state index is -4.02. The van der Waals surface area contributed by atoms with Crippen molar-refractivity contribution in [3.8, 4) is 0 Å². The normalized spacial score (nSPS) is 12.0. The Kier molecular flexibility index (Phi) is 9.41. The number of hydrogen-bond acceptors (Lipinski definition) is 4. The molecule has 3 rings (SSSR count). The van der Waals surface area contributed by atoms with Crippen LogP contribution in [0.1, 0.15) is 23.6 Å². The first-order valence-corrected chi connectivity index (χ1v) is 13.8. The summed E-state index contributed by atoms with van der Waals surface area (Å²) in [6.07, 6.45) is 1.15. The number of halogens is 1. The first-order valence-electron chi connectivity index (χ1n) is 12.0. The van der Waals surface area contributed by atoms with Crippen LogP contribution >= 0.6 is 0 Å². The molecule has 0 fully saturated rings. The maximum atomic E-state index is 14.6. The van der Waals surface area contributed by atoms with Crippen molar-refractivity contribution in [1.82, 2.24) is 10.2 Å². The molecule has 0 aliphatic rings. The predicted octanol–water partition coefficient (Wildman–Crippen LogP) is 3.68. The van der Waals surface area contributed by atoms with Gasteiger partial charge in [-0.25, -0.2) is 12.8 Å². The van der Waals surface area contributed by atoms with E-state index < -0.39 is 34.3 Å². The summed E-state index contributed by atoms with van der Waals surface area (Å²) in [7, 11) is -4.02. The van der Waals surface area contributed by atoms with E-state index in [4.69, 9.17) is 0 Å². The van der Waals surface area contributed by atoms with Gasteiger partial charge in [-0.1, -0.05) is 66.7 Å². The Hall–Kier alpha value is -3.72. The van der Waals surface area contributed by atoms with E-state index in [1.54, 1.807) is 6.92 Å². The number of nitrogens with one attached hydrogen (secondary N) is 1. The number of likely N-dealkylation sites (N-methyl/N-ethyl adjacent to an activating group) is 1. The highest BCUT2D eigenvalue weighted by atomic mass is 32.2. The van der Waals surface area contributed by atoms with Gasteiger partial charge in [0.25, 0.3) is 0 Å². The van der Waals surface area contributed by atoms with Crippen LogP contribution in [0.25, 0.3) is 0 Å². The lowest BCUT2D eigenvalue weighted by Crippen LogP contribution is -2.53. The third-order valence-electron chi connectivity index (χ3n) is 6.02. The first-order chi connectivity index (χ1) is 17.6. The molecule has 3 aromatic rings. The monoisotopic (exact) mass is 525 g/mol. The van der Waals surface area contributed by atoms with Crippen molar-refractivity contribution in [2.75, 3.05) is 23.7 Å². The fourth-order valence-corrected chi connectivity index (χ4v) is 4.92. The number of para-hydroxylation sites is 1. The highest BCUT2D eigenvalue weighted by molar-refractivity contribution is 7.92. The third kappa shape index (κ3) is 7.39. The van der Waals surface area contributed by atoms with Gasteiger partial charge in [-0.2, -0.15) is 0 Å². The van der Waals surface area contributed by atoms with Crippen LogP contribution in [0.15, 0.2) is 78.9 Å². The average molecular weight is 526 g/mol. The van der Waals surface area contributed by atoms with E-state index >= 15 is 0 Å². The number of hydrogen-bond donors (Lipinski definition) is 1. The van der Waals surface area contributed by atoms with E-state index in [1.807, 2.05) is 61.5 Å². The van der Waals surface area contributed by atoms with Crippen molar-refractivity contribution in [3.05, 3.63) is 101 Å². The lowest BCUT2D eigenvalue weighted by Gasteiger charge is -2.33. The molecule has 2 amide bonds. The minimum Gasteiger partial charge on any atom is -0.355 e. The fraction of sp³-hybridized carbons (Fsp3) is 0.286. The van der Waals surface area contributed by atoms with Crippen molar-refractivity contribution in [3.63, 3.8) is 0 Å². The lowest BCUT2D eigenvalue weighted by molar-refractivity contribution is -0.140. The lowest BCUT2D eigenvalue weighted by atomic mass is 10.0. The summed E-state index contributed by atoms with van der Waals surface area (Å²) in [6, 6.07) is 21.2. The molecule has 0 bridgehead atoms. The van der Waals surface area contributed by atoms with E-state index in [9.17, 15) is 22.4 Å². The van der Waals surface area contributed by atoms with Crippen LogP contribution in [0.3, 0.4) is 0 Å². The molecule has 0 aliphatic carbocycles. The Morgan fingerprint density at radius 1 is 0.946 bits per heavy atom. The summed E-state index contributed by atoms with van der Waals surface area (Å²) in [6.45, 7) is 3.47. The molecule has 0 spiro atoms. The van der Waals surface area contributed by atoms with Crippen molar-refractivity contribution in [2.24, 2.45) is 0 Å². The van der Waals surface area contributed by atoms with Crippen LogP contribution in [0.4, 0.5) is 10.1 Å². The number of carbonyl (C=O) groups excluding carboxylic acids is 2. The number of amides is 2. The van der Waals surface area contributed by atoms with Crippen LogP contribution in [0.2, 0.25) is 0 Å². The number of rotatable bonds is 11. The fourth-order valence-electron chi connectivity index (χ4n) is 4.07. The van der Waals surface area contributed by atoms with Gasteiger partial charge in [0.15, 0.2) is 0 Å². The molecule has 0 unspecified atom stereocenters. The highest BCUT2D eigenvalue weighted by Crippen LogP contribution is 2.23. The van der Waals surface area contributed by atoms with Crippen molar-refractivity contribution < 1.29 is 22.4 Å². The molecule has 0 radical (unpaired) electrons. The van der Waals surface area contributed by atoms with Crippen LogP contribution in [-0.4, -0.2) is 50.5 Å². The van der Waals surface area contributed by atoms with E-state index in [-0.39, 0.29) is 24.6 Å². The second-order valence-corrected chi connectivity index (χ2v) is 10.7. The smallest absolute Gasteiger partial charge is 0.244 e. The van der Waals surface area contributed by atoms with Gasteiger partial charge in [0.05, 0.1) is 11.9 Å². The van der Waals surface area contributed by atoms with Gasteiger partial charge in [-0.3, -0.25) is 13.9 Å². The molecule has 196 valence electrons. The molecule has 9 heteroatoms. The Morgan fingerprint density at radius 2 is 1.57 bits per heavy atom. The van der Waals surface area contributed by atoms with Crippen molar-refractivity contribution in [1.29, 1.82) is 0 Å². The third-order valence-corrected chi connectivity index (χ3v) is 7.15. The number of benzene rings is 3. The summed E-state index contributed by atoms with van der Waals surface area (Å²) in [5, 5.41) is 2.80. The Balaban J connectivity index is 2.06. The number of nitrogens with zero attached hydrogens (tertiary/aromatic N) is 2. The number of carbonyl (C=O) groups is 2. The number of sulfonamides is 1. The molecular formula is C28H32FN3O4S. The minimum absolute atomic E-state index is 0.0784. The maximum absolute atomic E-state index is 14.6. The van der Waals surface area contributed by atoms with Crippen LogP contribution in [0.5, 0.6) is 0 Å². The van der Waals surface area contributed by atoms with Crippen LogP contribution in [0, 0.1) is 12.7 Å². The molecule has 1 atom stereocenters. The molecule has 0 aromatic heterocycles. The summed E-state index contributed by atoms with van der Waals surface area (Å²) in [5.74, 6) is -1.75. The second kappa shape index (κ2) is 12.5. The maximum Gasteiger partial charge on any atom is 0.244 e. The van der Waals surface area contributed by atoms with Gasteiger partial charge in [0.1, 0.15) is 18.4 Å². The molecule has 0 saturated carbocycles. The molecule has 7 nitrogen and oxygen atoms in total. The summed E-state index contributed by atoms with van der Waals surface area (Å²) in [5.41, 5.74) is 2.35. The van der Waals surface area contributed by atoms with Gasteiger partial charge in [0, 0.05) is 19.5 Å². The largest absolute Gasteiger partial charge is 0.355 e. The number of aryl methyl sites for hydroxylation is 1. The van der Waals surface area contributed by atoms with Crippen LogP contribution < -0.4 is 9.62 Å². The predicted molar refractivity (Wildman–Crippen MR) is 143 cm³/mol. The molecule has 0 aliphatic heterocycles. The van der Waals surface area contributed by atoms with E-state index in [0.29, 0.717) is 6.54 Å². The van der Waals surface area contributed by atoms with Crippen molar-refractivity contribution in [2.45, 2.75) is 32.9 Å². The van der Waals surface area contributed by atoms with Gasteiger partial charge in [-0.15, -0.1) is 0 Å². The molecule has 3 aromatic carbocycles. The van der Waals surface area contributed by atoms with Crippen LogP contribution in [-0.2, 0) is 32.6 Å². The molecule has 1 N–H and O–H groups in total. The molecule has 0 heterocycles. The Bertz CT molecular complexity index is 1330. The average Bonchev–Trinajstić information content (AvgIpc) is 2.86. The molecule has 37 heavy (non-hydrogen) atoms. The number of anilines is 1. The second-order valence-electron chi connectivity index (χ2n) is 8.77. The van der Waals surface area contributed by atoms with Gasteiger partial charge >= 0.3 is 0 Å². The SMILES string of the molecule is CCNC(=O)[C@H](Cc1ccccc1)N(Cc1ccccc1C)C(=O)CN(c1ccccc1F)S(C)(=O)=O. The molecule has 0 saturated heterocycles. The van der Waals surface area contributed by atoms with E-state index in [2.05, 4.69) is 5.32 Å². The zero-order valence-electron chi connectivity index (χ0n) is 21.2. The quantitative estimate of drug-likeness (QED) is 0.414. The Morgan fingerprint density at radius 3 is 2.19 bits per heavy atom. The zero-order valence-corrected chi connectivity index (χ0v) is 22.0. The van der Waals surface area contributed by atoms with Gasteiger partial charge < -0.3 is 10.2 Å². The summed E-state index contributed by atoms with van der Waals surface area (Å²) in [4.78, 5) is 28.5. The standard InChI is InChI=1S/C28H32FN3O4S/c1-4-30-28(34)26(18-22-13-6-5-7-14-22)31(19-23-15-9-8-12-21(23)2)27(33)20-32(37(3,35)36)25-17-11-10-16-24(25)29/h5-17,26H,4,18-20H2,1-3H3,(H,30,34)/t26-/m0/s1. The summed E-state index contributed by atoms with van der Waals surface area (Å²) >= 11 is 0. The van der Waals surface area contributed by atoms with Gasteiger partial charge in [-0.05, 0) is 42.7 Å². The first kappa shape index (κ1) is 27.9. The van der Waals surface area contributed by atoms with Crippen molar-refractivity contribution >= 4 is 27.5 Å². The molecular weight excluding hydrogens is 493 g/mol. The summed E-state index contributed by atoms with van der Waals surface area (Å²) < 4.78 is 40.7. The van der Waals surface area contributed by atoms with E-state index in [0.717, 1.165) is 33.3 Å².